The summed E-state index contributed by atoms with van der Waals surface area (Å²) in [6, 6.07) is 5.31. The maximum absolute atomic E-state index is 13.1. The number of halogens is 2. The molecule has 0 radical (unpaired) electrons. The van der Waals surface area contributed by atoms with Gasteiger partial charge in [0.25, 0.3) is 5.69 Å². The first-order valence-corrected chi connectivity index (χ1v) is 7.01. The number of nitro benzene ring substituents is 1. The maximum atomic E-state index is 13.1. The quantitative estimate of drug-likeness (QED) is 0.657. The van der Waals surface area contributed by atoms with Crippen LogP contribution in [0.15, 0.2) is 28.7 Å². The van der Waals surface area contributed by atoms with E-state index in [2.05, 4.69) is 21.2 Å². The smallest absolute Gasteiger partial charge is 0.292 e. The van der Waals surface area contributed by atoms with Gasteiger partial charge >= 0.3 is 0 Å². The van der Waals surface area contributed by atoms with E-state index >= 15 is 0 Å². The maximum Gasteiger partial charge on any atom is 0.292 e. The van der Waals surface area contributed by atoms with Crippen molar-refractivity contribution >= 4 is 38.6 Å². The molecular formula is C12H10BrFN2O2S. The van der Waals surface area contributed by atoms with Crippen molar-refractivity contribution in [1.82, 2.24) is 0 Å². The Kier molecular flexibility index (Phi) is 4.16. The van der Waals surface area contributed by atoms with Crippen LogP contribution in [0.25, 0.3) is 0 Å². The van der Waals surface area contributed by atoms with Crippen molar-refractivity contribution in [3.63, 3.8) is 0 Å². The van der Waals surface area contributed by atoms with E-state index < -0.39 is 10.7 Å². The van der Waals surface area contributed by atoms with Crippen LogP contribution in [-0.2, 0) is 6.54 Å². The average molecular weight is 345 g/mol. The van der Waals surface area contributed by atoms with Crippen LogP contribution >= 0.6 is 27.3 Å². The summed E-state index contributed by atoms with van der Waals surface area (Å²) in [5, 5.41) is 13.7. The number of nitrogens with one attached hydrogen (secondary N) is 1. The van der Waals surface area contributed by atoms with Gasteiger partial charge in [-0.1, -0.05) is 0 Å². The summed E-state index contributed by atoms with van der Waals surface area (Å²) >= 11 is 4.99. The van der Waals surface area contributed by atoms with Crippen molar-refractivity contribution in [2.75, 3.05) is 5.32 Å². The van der Waals surface area contributed by atoms with Crippen LogP contribution < -0.4 is 5.32 Å². The summed E-state index contributed by atoms with van der Waals surface area (Å²) < 4.78 is 14.1. The highest BCUT2D eigenvalue weighted by molar-refractivity contribution is 9.10. The van der Waals surface area contributed by atoms with E-state index in [0.29, 0.717) is 6.54 Å². The van der Waals surface area contributed by atoms with E-state index in [1.165, 1.54) is 0 Å². The van der Waals surface area contributed by atoms with Gasteiger partial charge in [-0.25, -0.2) is 4.39 Å². The molecule has 0 aliphatic rings. The first-order chi connectivity index (χ1) is 8.97. The van der Waals surface area contributed by atoms with Crippen LogP contribution in [0.5, 0.6) is 0 Å². The van der Waals surface area contributed by atoms with Gasteiger partial charge in [0.1, 0.15) is 11.5 Å². The van der Waals surface area contributed by atoms with Gasteiger partial charge in [0.05, 0.1) is 4.92 Å². The fourth-order valence-corrected chi connectivity index (χ4v) is 3.14. The minimum atomic E-state index is -0.530. The minimum absolute atomic E-state index is 0.131. The molecule has 7 heteroatoms. The molecule has 1 aromatic heterocycles. The highest BCUT2D eigenvalue weighted by Gasteiger charge is 2.14. The lowest BCUT2D eigenvalue weighted by Crippen LogP contribution is -2.02. The molecule has 0 amide bonds. The first kappa shape index (κ1) is 14.0. The number of thiophene rings is 1. The van der Waals surface area contributed by atoms with Crippen molar-refractivity contribution in [2.24, 2.45) is 0 Å². The molecule has 1 heterocycles. The standard InChI is InChI=1S/C12H10BrFN2O2S/c1-7-10(13)5-9(19-7)6-15-11-4-8(14)2-3-12(11)16(17)18/h2-5,15H,6H2,1H3. The number of aryl methyl sites for hydroxylation is 1. The molecule has 1 aromatic carbocycles. The number of hydrogen-bond acceptors (Lipinski definition) is 4. The van der Waals surface area contributed by atoms with Gasteiger partial charge in [-0.05, 0) is 35.0 Å². The van der Waals surface area contributed by atoms with E-state index in [0.717, 1.165) is 32.4 Å². The summed E-state index contributed by atoms with van der Waals surface area (Å²) in [5.74, 6) is -0.503. The predicted molar refractivity (Wildman–Crippen MR) is 77.1 cm³/mol. The molecule has 2 aromatic rings. The highest BCUT2D eigenvalue weighted by Crippen LogP contribution is 2.29. The van der Waals surface area contributed by atoms with Crippen LogP contribution in [0.3, 0.4) is 0 Å². The Morgan fingerprint density at radius 2 is 2.21 bits per heavy atom. The second-order valence-corrected chi connectivity index (χ2v) is 6.08. The lowest BCUT2D eigenvalue weighted by Gasteiger charge is -2.05. The van der Waals surface area contributed by atoms with Crippen LogP contribution in [0, 0.1) is 22.9 Å². The number of nitro groups is 1. The zero-order valence-corrected chi connectivity index (χ0v) is 12.3. The van der Waals surface area contributed by atoms with Gasteiger partial charge in [0.15, 0.2) is 0 Å². The number of rotatable bonds is 4. The van der Waals surface area contributed by atoms with Crippen LogP contribution in [0.4, 0.5) is 15.8 Å². The van der Waals surface area contributed by atoms with E-state index in [9.17, 15) is 14.5 Å². The Bertz CT molecular complexity index is 611. The van der Waals surface area contributed by atoms with Crippen molar-refractivity contribution in [2.45, 2.75) is 13.5 Å². The molecule has 4 nitrogen and oxygen atoms in total. The van der Waals surface area contributed by atoms with Gasteiger partial charge < -0.3 is 5.32 Å². The molecular weight excluding hydrogens is 335 g/mol. The second kappa shape index (κ2) is 5.66. The summed E-state index contributed by atoms with van der Waals surface area (Å²) in [6.07, 6.45) is 0. The molecule has 1 N–H and O–H groups in total. The zero-order chi connectivity index (χ0) is 14.0. The zero-order valence-electron chi connectivity index (χ0n) is 9.94. The van der Waals surface area contributed by atoms with E-state index in [4.69, 9.17) is 0 Å². The van der Waals surface area contributed by atoms with Crippen molar-refractivity contribution in [3.05, 3.63) is 54.4 Å². The predicted octanol–water partition coefficient (Wildman–Crippen LogP) is 4.48. The lowest BCUT2D eigenvalue weighted by molar-refractivity contribution is -0.384. The van der Waals surface area contributed by atoms with Gasteiger partial charge in [-0.15, -0.1) is 11.3 Å². The molecule has 0 aliphatic carbocycles. The topological polar surface area (TPSA) is 55.2 Å². The summed E-state index contributed by atoms with van der Waals surface area (Å²) in [7, 11) is 0. The molecule has 0 saturated carbocycles. The number of hydrogen-bond donors (Lipinski definition) is 1. The van der Waals surface area contributed by atoms with E-state index in [1.54, 1.807) is 11.3 Å². The molecule has 100 valence electrons. The normalized spacial score (nSPS) is 10.5. The molecule has 0 spiro atoms. The Labute approximate surface area is 121 Å². The summed E-state index contributed by atoms with van der Waals surface area (Å²) in [6.45, 7) is 2.39. The molecule has 2 rings (SSSR count). The van der Waals surface area contributed by atoms with E-state index in [-0.39, 0.29) is 11.4 Å². The molecule has 0 aliphatic heterocycles. The number of anilines is 1. The SMILES string of the molecule is Cc1sc(CNc2cc(F)ccc2[N+](=O)[O-])cc1Br. The van der Waals surface area contributed by atoms with Crippen molar-refractivity contribution < 1.29 is 9.31 Å². The Balaban J connectivity index is 2.19. The van der Waals surface area contributed by atoms with Crippen LogP contribution in [-0.4, -0.2) is 4.92 Å². The fraction of sp³-hybridized carbons (Fsp3) is 0.167. The average Bonchev–Trinajstić information content (AvgIpc) is 2.66. The summed E-state index contributed by atoms with van der Waals surface area (Å²) in [4.78, 5) is 12.5. The molecule has 0 saturated heterocycles. The van der Waals surface area contributed by atoms with Gasteiger partial charge in [0, 0.05) is 32.9 Å². The molecule has 19 heavy (non-hydrogen) atoms. The van der Waals surface area contributed by atoms with Crippen molar-refractivity contribution in [3.8, 4) is 0 Å². The van der Waals surface area contributed by atoms with Gasteiger partial charge in [0.2, 0.25) is 0 Å². The molecule has 0 fully saturated rings. The fourth-order valence-electron chi connectivity index (χ4n) is 1.60. The van der Waals surface area contributed by atoms with Gasteiger partial charge in [-0.2, -0.15) is 0 Å². The third-order valence-corrected chi connectivity index (χ3v) is 4.65. The molecule has 0 bridgehead atoms. The number of benzene rings is 1. The Morgan fingerprint density at radius 3 is 2.79 bits per heavy atom. The molecule has 0 unspecified atom stereocenters. The van der Waals surface area contributed by atoms with Crippen molar-refractivity contribution in [1.29, 1.82) is 0 Å². The third-order valence-electron chi connectivity index (χ3n) is 2.52. The Hall–Kier alpha value is -1.47. The lowest BCUT2D eigenvalue weighted by atomic mass is 10.2. The first-order valence-electron chi connectivity index (χ1n) is 5.40. The summed E-state index contributed by atoms with van der Waals surface area (Å²) in [5.41, 5.74) is 0.0564. The third kappa shape index (κ3) is 3.30. The van der Waals surface area contributed by atoms with E-state index in [1.807, 2.05) is 13.0 Å². The monoisotopic (exact) mass is 344 g/mol. The van der Waals surface area contributed by atoms with Gasteiger partial charge in [-0.3, -0.25) is 10.1 Å². The second-order valence-electron chi connectivity index (χ2n) is 3.89. The van der Waals surface area contributed by atoms with Crippen LogP contribution in [0.1, 0.15) is 9.75 Å². The minimum Gasteiger partial charge on any atom is -0.375 e. The largest absolute Gasteiger partial charge is 0.375 e. The van der Waals surface area contributed by atoms with Crippen LogP contribution in [0.2, 0.25) is 0 Å². The number of nitrogens with zero attached hydrogens (tertiary/aromatic N) is 1. The Morgan fingerprint density at radius 1 is 1.47 bits per heavy atom. The molecule has 0 atom stereocenters. The highest BCUT2D eigenvalue weighted by atomic mass is 79.9.